The maximum atomic E-state index is 5.21. The Morgan fingerprint density at radius 2 is 2.08 bits per heavy atom. The molecule has 3 atom stereocenters. The molecular formula is C11H16O. The summed E-state index contributed by atoms with van der Waals surface area (Å²) in [5, 5.41) is 0. The molecule has 1 heteroatoms. The van der Waals surface area contributed by atoms with Crippen molar-refractivity contribution in [2.45, 2.75) is 19.3 Å². The zero-order valence-corrected chi connectivity index (χ0v) is 7.41. The average Bonchev–Trinajstić information content (AvgIpc) is 2.56. The highest BCUT2D eigenvalue weighted by molar-refractivity contribution is 5.10. The summed E-state index contributed by atoms with van der Waals surface area (Å²) in [6, 6.07) is 0. The zero-order chi connectivity index (χ0) is 7.97. The third kappa shape index (κ3) is 1.03. The van der Waals surface area contributed by atoms with Crippen LogP contribution in [0.2, 0.25) is 0 Å². The van der Waals surface area contributed by atoms with Gasteiger partial charge in [-0.05, 0) is 37.0 Å². The van der Waals surface area contributed by atoms with Crippen LogP contribution in [-0.4, -0.2) is 13.2 Å². The summed E-state index contributed by atoms with van der Waals surface area (Å²) in [6.45, 7) is 2.08. The molecule has 3 aliphatic rings. The molecule has 0 N–H and O–H groups in total. The van der Waals surface area contributed by atoms with Gasteiger partial charge in [-0.3, -0.25) is 0 Å². The van der Waals surface area contributed by atoms with Gasteiger partial charge < -0.3 is 4.74 Å². The highest BCUT2D eigenvalue weighted by Gasteiger charge is 2.37. The van der Waals surface area contributed by atoms with Crippen molar-refractivity contribution >= 4 is 0 Å². The molecule has 2 bridgehead atoms. The predicted octanol–water partition coefficient (Wildman–Crippen LogP) is 2.24. The molecule has 1 nitrogen and oxygen atoms in total. The first-order chi connectivity index (χ1) is 5.92. The van der Waals surface area contributed by atoms with Gasteiger partial charge in [0.1, 0.15) is 0 Å². The fourth-order valence-corrected chi connectivity index (χ4v) is 3.01. The molecule has 66 valence electrons. The van der Waals surface area contributed by atoms with Gasteiger partial charge in [-0.15, -0.1) is 0 Å². The van der Waals surface area contributed by atoms with Crippen molar-refractivity contribution in [3.8, 4) is 0 Å². The molecule has 12 heavy (non-hydrogen) atoms. The summed E-state index contributed by atoms with van der Waals surface area (Å²) in [5.41, 5.74) is 0. The van der Waals surface area contributed by atoms with Crippen LogP contribution in [0.15, 0.2) is 12.2 Å². The fourth-order valence-electron chi connectivity index (χ4n) is 3.01. The van der Waals surface area contributed by atoms with E-state index in [1.165, 1.54) is 19.3 Å². The van der Waals surface area contributed by atoms with E-state index in [-0.39, 0.29) is 0 Å². The van der Waals surface area contributed by atoms with Crippen LogP contribution in [0, 0.1) is 23.7 Å². The SMILES string of the molecule is C1=CC2CC1CC2CC1COC1. The minimum atomic E-state index is 0.905. The van der Waals surface area contributed by atoms with Crippen LogP contribution < -0.4 is 0 Å². The minimum absolute atomic E-state index is 0.905. The summed E-state index contributed by atoms with van der Waals surface area (Å²) in [6.07, 6.45) is 9.25. The number of ether oxygens (including phenoxy) is 1. The van der Waals surface area contributed by atoms with Crippen molar-refractivity contribution in [2.24, 2.45) is 23.7 Å². The largest absolute Gasteiger partial charge is 0.381 e. The molecule has 3 unspecified atom stereocenters. The Balaban J connectivity index is 1.60. The quantitative estimate of drug-likeness (QED) is 0.569. The van der Waals surface area contributed by atoms with Crippen molar-refractivity contribution in [1.82, 2.24) is 0 Å². The molecule has 0 radical (unpaired) electrons. The van der Waals surface area contributed by atoms with E-state index in [2.05, 4.69) is 12.2 Å². The summed E-state index contributed by atoms with van der Waals surface area (Å²) >= 11 is 0. The average molecular weight is 164 g/mol. The monoisotopic (exact) mass is 164 g/mol. The smallest absolute Gasteiger partial charge is 0.0516 e. The van der Waals surface area contributed by atoms with Gasteiger partial charge in [0.2, 0.25) is 0 Å². The lowest BCUT2D eigenvalue weighted by molar-refractivity contribution is -0.0439. The second-order valence-corrected chi connectivity index (χ2v) is 4.68. The van der Waals surface area contributed by atoms with Gasteiger partial charge in [-0.1, -0.05) is 12.2 Å². The molecule has 0 spiro atoms. The standard InChI is InChI=1S/C11H16O/c1-2-10-3-8(1)4-11(10)5-9-6-12-7-9/h1-2,8-11H,3-7H2. The van der Waals surface area contributed by atoms with E-state index in [9.17, 15) is 0 Å². The Hall–Kier alpha value is -0.300. The lowest BCUT2D eigenvalue weighted by atomic mass is 9.84. The normalized spacial score (nSPS) is 45.2. The lowest BCUT2D eigenvalue weighted by Gasteiger charge is -2.30. The van der Waals surface area contributed by atoms with Gasteiger partial charge in [0.15, 0.2) is 0 Å². The molecule has 0 aromatic heterocycles. The van der Waals surface area contributed by atoms with Crippen molar-refractivity contribution in [1.29, 1.82) is 0 Å². The number of rotatable bonds is 2. The first-order valence-corrected chi connectivity index (χ1v) is 5.18. The van der Waals surface area contributed by atoms with Gasteiger partial charge in [-0.25, -0.2) is 0 Å². The number of fused-ring (bicyclic) bond motifs is 2. The molecule has 1 saturated heterocycles. The highest BCUT2D eigenvalue weighted by atomic mass is 16.5. The third-order valence-electron chi connectivity index (χ3n) is 3.76. The molecule has 1 heterocycles. The van der Waals surface area contributed by atoms with Crippen LogP contribution in [0.4, 0.5) is 0 Å². The Labute approximate surface area is 73.8 Å². The second kappa shape index (κ2) is 2.59. The van der Waals surface area contributed by atoms with Crippen LogP contribution in [0.3, 0.4) is 0 Å². The fraction of sp³-hybridized carbons (Fsp3) is 0.818. The summed E-state index contributed by atoms with van der Waals surface area (Å²) in [4.78, 5) is 0. The highest BCUT2D eigenvalue weighted by Crippen LogP contribution is 2.46. The molecule has 2 aliphatic carbocycles. The number of hydrogen-bond acceptors (Lipinski definition) is 1. The second-order valence-electron chi connectivity index (χ2n) is 4.68. The third-order valence-corrected chi connectivity index (χ3v) is 3.76. The molecule has 3 rings (SSSR count). The summed E-state index contributed by atoms with van der Waals surface area (Å²) in [5.74, 6) is 3.80. The summed E-state index contributed by atoms with van der Waals surface area (Å²) in [7, 11) is 0. The van der Waals surface area contributed by atoms with Gasteiger partial charge in [0.25, 0.3) is 0 Å². The Bertz CT molecular complexity index is 205. The van der Waals surface area contributed by atoms with E-state index in [4.69, 9.17) is 4.74 Å². The van der Waals surface area contributed by atoms with Crippen molar-refractivity contribution < 1.29 is 4.74 Å². The minimum Gasteiger partial charge on any atom is -0.381 e. The molecule has 1 saturated carbocycles. The summed E-state index contributed by atoms with van der Waals surface area (Å²) < 4.78 is 5.21. The zero-order valence-electron chi connectivity index (χ0n) is 7.41. The molecular weight excluding hydrogens is 148 g/mol. The molecule has 2 fully saturated rings. The van der Waals surface area contributed by atoms with Crippen molar-refractivity contribution in [3.63, 3.8) is 0 Å². The Morgan fingerprint density at radius 1 is 1.17 bits per heavy atom. The molecule has 0 amide bonds. The lowest BCUT2D eigenvalue weighted by Crippen LogP contribution is -2.30. The van der Waals surface area contributed by atoms with E-state index in [0.717, 1.165) is 36.9 Å². The van der Waals surface area contributed by atoms with E-state index in [1.807, 2.05) is 0 Å². The van der Waals surface area contributed by atoms with E-state index in [0.29, 0.717) is 0 Å². The van der Waals surface area contributed by atoms with E-state index >= 15 is 0 Å². The van der Waals surface area contributed by atoms with E-state index in [1.54, 1.807) is 0 Å². The van der Waals surface area contributed by atoms with Gasteiger partial charge in [0, 0.05) is 5.92 Å². The van der Waals surface area contributed by atoms with E-state index < -0.39 is 0 Å². The Kier molecular flexibility index (Phi) is 1.54. The van der Waals surface area contributed by atoms with Gasteiger partial charge in [0.05, 0.1) is 13.2 Å². The molecule has 0 aromatic rings. The first-order valence-electron chi connectivity index (χ1n) is 5.18. The molecule has 1 aliphatic heterocycles. The van der Waals surface area contributed by atoms with Crippen LogP contribution in [0.5, 0.6) is 0 Å². The van der Waals surface area contributed by atoms with Crippen LogP contribution in [-0.2, 0) is 4.74 Å². The Morgan fingerprint density at radius 3 is 2.58 bits per heavy atom. The van der Waals surface area contributed by atoms with Crippen molar-refractivity contribution in [2.75, 3.05) is 13.2 Å². The number of allylic oxidation sites excluding steroid dienone is 2. The predicted molar refractivity (Wildman–Crippen MR) is 47.8 cm³/mol. The van der Waals surface area contributed by atoms with Crippen LogP contribution >= 0.6 is 0 Å². The maximum absolute atomic E-state index is 5.21. The van der Waals surface area contributed by atoms with Crippen LogP contribution in [0.25, 0.3) is 0 Å². The first kappa shape index (κ1) is 7.14. The van der Waals surface area contributed by atoms with Gasteiger partial charge in [-0.2, -0.15) is 0 Å². The van der Waals surface area contributed by atoms with Gasteiger partial charge >= 0.3 is 0 Å². The topological polar surface area (TPSA) is 9.23 Å². The van der Waals surface area contributed by atoms with Crippen LogP contribution in [0.1, 0.15) is 19.3 Å². The maximum Gasteiger partial charge on any atom is 0.0516 e. The number of hydrogen-bond donors (Lipinski definition) is 0. The molecule has 0 aromatic carbocycles. The van der Waals surface area contributed by atoms with Crippen molar-refractivity contribution in [3.05, 3.63) is 12.2 Å².